The quantitative estimate of drug-likeness (QED) is 0.818. The van der Waals surface area contributed by atoms with Crippen molar-refractivity contribution < 1.29 is 9.84 Å². The summed E-state index contributed by atoms with van der Waals surface area (Å²) in [7, 11) is 0. The molecule has 0 saturated carbocycles. The Bertz CT molecular complexity index is 543. The Hall–Kier alpha value is -1.26. The van der Waals surface area contributed by atoms with Crippen molar-refractivity contribution in [2.45, 2.75) is 12.6 Å². The minimum atomic E-state index is -0.638. The van der Waals surface area contributed by atoms with Crippen LogP contribution in [-0.4, -0.2) is 24.4 Å². The van der Waals surface area contributed by atoms with Gasteiger partial charge >= 0.3 is 0 Å². The molecule has 21 heavy (non-hydrogen) atoms. The van der Waals surface area contributed by atoms with Crippen molar-refractivity contribution in [2.75, 3.05) is 13.2 Å². The van der Waals surface area contributed by atoms with E-state index in [-0.39, 0.29) is 6.61 Å². The molecule has 2 aromatic carbocycles. The third kappa shape index (κ3) is 5.21. The lowest BCUT2D eigenvalue weighted by molar-refractivity contribution is 0.106. The topological polar surface area (TPSA) is 41.5 Å². The van der Waals surface area contributed by atoms with Gasteiger partial charge in [-0.3, -0.25) is 0 Å². The molecule has 0 aromatic heterocycles. The first-order chi connectivity index (χ1) is 10.2. The molecule has 0 saturated heterocycles. The van der Waals surface area contributed by atoms with Crippen molar-refractivity contribution in [3.05, 3.63) is 64.1 Å². The molecule has 0 fully saturated rings. The highest BCUT2D eigenvalue weighted by Gasteiger charge is 2.10. The van der Waals surface area contributed by atoms with Crippen molar-refractivity contribution in [3.63, 3.8) is 0 Å². The van der Waals surface area contributed by atoms with Gasteiger partial charge in [0.1, 0.15) is 12.7 Å². The first kappa shape index (κ1) is 16.1. The van der Waals surface area contributed by atoms with Gasteiger partial charge in [-0.1, -0.05) is 59.6 Å². The zero-order chi connectivity index (χ0) is 15.1. The van der Waals surface area contributed by atoms with E-state index < -0.39 is 6.10 Å². The lowest BCUT2D eigenvalue weighted by Crippen LogP contribution is -2.31. The third-order valence-corrected chi connectivity index (χ3v) is 3.49. The normalized spacial score (nSPS) is 12.1. The van der Waals surface area contributed by atoms with Gasteiger partial charge in [0.05, 0.1) is 10.0 Å². The third-order valence-electron chi connectivity index (χ3n) is 2.89. The standard InChI is InChI=1S/C16H17Cl2NO2/c17-14-7-4-8-15(18)16(14)21-11-13(20)10-19-9-12-5-2-1-3-6-12/h1-8,13,19-20H,9-11H2. The fraction of sp³-hybridized carbons (Fsp3) is 0.250. The average molecular weight is 326 g/mol. The number of nitrogens with one attached hydrogen (secondary N) is 1. The molecule has 0 aliphatic rings. The van der Waals surface area contributed by atoms with Gasteiger partial charge in [-0.05, 0) is 17.7 Å². The molecule has 0 bridgehead atoms. The molecular formula is C16H17Cl2NO2. The second-order valence-electron chi connectivity index (χ2n) is 4.63. The van der Waals surface area contributed by atoms with Gasteiger partial charge in [0.25, 0.3) is 0 Å². The SMILES string of the molecule is OC(CNCc1ccccc1)COc1c(Cl)cccc1Cl. The molecule has 1 unspecified atom stereocenters. The maximum Gasteiger partial charge on any atom is 0.156 e. The van der Waals surface area contributed by atoms with E-state index in [0.29, 0.717) is 28.9 Å². The lowest BCUT2D eigenvalue weighted by Gasteiger charge is -2.15. The van der Waals surface area contributed by atoms with E-state index in [9.17, 15) is 5.11 Å². The molecule has 0 radical (unpaired) electrons. The summed E-state index contributed by atoms with van der Waals surface area (Å²) in [5, 5.41) is 13.9. The summed E-state index contributed by atoms with van der Waals surface area (Å²) >= 11 is 12.0. The number of hydrogen-bond acceptors (Lipinski definition) is 3. The van der Waals surface area contributed by atoms with E-state index in [2.05, 4.69) is 5.32 Å². The number of benzene rings is 2. The summed E-state index contributed by atoms with van der Waals surface area (Å²) in [6, 6.07) is 15.1. The monoisotopic (exact) mass is 325 g/mol. The highest BCUT2D eigenvalue weighted by molar-refractivity contribution is 6.37. The van der Waals surface area contributed by atoms with Crippen molar-refractivity contribution in [3.8, 4) is 5.75 Å². The van der Waals surface area contributed by atoms with Crippen LogP contribution in [0.1, 0.15) is 5.56 Å². The molecule has 2 rings (SSSR count). The van der Waals surface area contributed by atoms with E-state index in [1.54, 1.807) is 18.2 Å². The fourth-order valence-electron chi connectivity index (χ4n) is 1.84. The van der Waals surface area contributed by atoms with Gasteiger partial charge < -0.3 is 15.2 Å². The van der Waals surface area contributed by atoms with Crippen molar-refractivity contribution in [1.29, 1.82) is 0 Å². The molecule has 112 valence electrons. The molecule has 0 aliphatic heterocycles. The minimum absolute atomic E-state index is 0.130. The zero-order valence-corrected chi connectivity index (χ0v) is 12.9. The molecule has 0 spiro atoms. The van der Waals surface area contributed by atoms with Crippen molar-refractivity contribution in [2.24, 2.45) is 0 Å². The summed E-state index contributed by atoms with van der Waals surface area (Å²) < 4.78 is 5.48. The lowest BCUT2D eigenvalue weighted by atomic mass is 10.2. The number of ether oxygens (including phenoxy) is 1. The van der Waals surface area contributed by atoms with Crippen LogP contribution in [0.5, 0.6) is 5.75 Å². The van der Waals surface area contributed by atoms with E-state index in [4.69, 9.17) is 27.9 Å². The van der Waals surface area contributed by atoms with Crippen molar-refractivity contribution >= 4 is 23.2 Å². The van der Waals surface area contributed by atoms with Crippen LogP contribution in [0.2, 0.25) is 10.0 Å². The Labute approximate surface area is 134 Å². The molecule has 5 heteroatoms. The van der Waals surface area contributed by atoms with Crippen LogP contribution in [0, 0.1) is 0 Å². The molecule has 2 N–H and O–H groups in total. The largest absolute Gasteiger partial charge is 0.488 e. The van der Waals surface area contributed by atoms with E-state index in [1.807, 2.05) is 30.3 Å². The predicted molar refractivity (Wildman–Crippen MR) is 86.1 cm³/mol. The van der Waals surface area contributed by atoms with Gasteiger partial charge in [0, 0.05) is 13.1 Å². The van der Waals surface area contributed by atoms with Crippen LogP contribution in [-0.2, 0) is 6.54 Å². The summed E-state index contributed by atoms with van der Waals surface area (Å²) in [6.45, 7) is 1.26. The number of rotatable bonds is 7. The Morgan fingerprint density at radius 2 is 1.67 bits per heavy atom. The number of halogens is 2. The first-order valence-corrected chi connectivity index (χ1v) is 7.42. The van der Waals surface area contributed by atoms with Crippen LogP contribution in [0.25, 0.3) is 0 Å². The van der Waals surface area contributed by atoms with Gasteiger partial charge in [-0.2, -0.15) is 0 Å². The summed E-state index contributed by atoms with van der Waals surface area (Å²) in [4.78, 5) is 0. The van der Waals surface area contributed by atoms with Gasteiger partial charge in [-0.25, -0.2) is 0 Å². The van der Waals surface area contributed by atoms with Crippen LogP contribution >= 0.6 is 23.2 Å². The predicted octanol–water partition coefficient (Wildman–Crippen LogP) is 3.52. The summed E-state index contributed by atoms with van der Waals surface area (Å²) in [5.74, 6) is 0.406. The number of aliphatic hydroxyl groups is 1. The second kappa shape index (κ2) is 8.25. The zero-order valence-electron chi connectivity index (χ0n) is 11.4. The molecule has 0 heterocycles. The smallest absolute Gasteiger partial charge is 0.156 e. The molecular weight excluding hydrogens is 309 g/mol. The molecule has 2 aromatic rings. The molecule has 0 amide bonds. The van der Waals surface area contributed by atoms with Crippen LogP contribution < -0.4 is 10.1 Å². The maximum atomic E-state index is 9.90. The van der Waals surface area contributed by atoms with Crippen LogP contribution in [0.4, 0.5) is 0 Å². The molecule has 3 nitrogen and oxygen atoms in total. The molecule has 1 atom stereocenters. The Morgan fingerprint density at radius 3 is 2.33 bits per heavy atom. The maximum absolute atomic E-state index is 9.90. The van der Waals surface area contributed by atoms with Crippen LogP contribution in [0.15, 0.2) is 48.5 Å². The second-order valence-corrected chi connectivity index (χ2v) is 5.45. The van der Waals surface area contributed by atoms with E-state index in [0.717, 1.165) is 0 Å². The summed E-state index contributed by atoms with van der Waals surface area (Å²) in [5.41, 5.74) is 1.17. The van der Waals surface area contributed by atoms with Gasteiger partial charge in [0.2, 0.25) is 0 Å². The fourth-order valence-corrected chi connectivity index (χ4v) is 2.34. The van der Waals surface area contributed by atoms with E-state index in [1.165, 1.54) is 5.56 Å². The summed E-state index contributed by atoms with van der Waals surface area (Å²) in [6.07, 6.45) is -0.638. The highest BCUT2D eigenvalue weighted by Crippen LogP contribution is 2.32. The van der Waals surface area contributed by atoms with E-state index >= 15 is 0 Å². The van der Waals surface area contributed by atoms with Gasteiger partial charge in [-0.15, -0.1) is 0 Å². The molecule has 0 aliphatic carbocycles. The Kier molecular flexibility index (Phi) is 6.33. The first-order valence-electron chi connectivity index (χ1n) is 6.66. The van der Waals surface area contributed by atoms with Gasteiger partial charge in [0.15, 0.2) is 5.75 Å². The van der Waals surface area contributed by atoms with Crippen molar-refractivity contribution in [1.82, 2.24) is 5.32 Å². The Morgan fingerprint density at radius 1 is 1.00 bits per heavy atom. The minimum Gasteiger partial charge on any atom is -0.488 e. The number of hydrogen-bond donors (Lipinski definition) is 2. The highest BCUT2D eigenvalue weighted by atomic mass is 35.5. The van der Waals surface area contributed by atoms with Crippen LogP contribution in [0.3, 0.4) is 0 Å². The number of para-hydroxylation sites is 1. The number of aliphatic hydroxyl groups excluding tert-OH is 1. The average Bonchev–Trinajstić information content (AvgIpc) is 2.48. The Balaban J connectivity index is 1.74.